The second-order valence-corrected chi connectivity index (χ2v) is 7.33. The van der Waals surface area contributed by atoms with Gasteiger partial charge in [0.05, 0.1) is 30.8 Å². The predicted molar refractivity (Wildman–Crippen MR) is 126 cm³/mol. The van der Waals surface area contributed by atoms with Gasteiger partial charge in [0.1, 0.15) is 11.5 Å². The molecule has 2 aromatic carbocycles. The molecule has 0 spiro atoms. The van der Waals surface area contributed by atoms with Gasteiger partial charge in [-0.15, -0.1) is 0 Å². The largest absolute Gasteiger partial charge is 0.493 e. The monoisotopic (exact) mass is 444 g/mol. The number of rotatable bonds is 8. The van der Waals surface area contributed by atoms with Gasteiger partial charge in [-0.3, -0.25) is 15.2 Å². The van der Waals surface area contributed by atoms with E-state index < -0.39 is 0 Å². The van der Waals surface area contributed by atoms with Gasteiger partial charge in [-0.2, -0.15) is 0 Å². The van der Waals surface area contributed by atoms with Gasteiger partial charge in [0.25, 0.3) is 5.91 Å². The number of imidazole rings is 1. The van der Waals surface area contributed by atoms with Crippen LogP contribution in [0, 0.1) is 5.41 Å². The zero-order valence-corrected chi connectivity index (χ0v) is 18.3. The molecule has 4 rings (SSSR count). The van der Waals surface area contributed by atoms with Crippen LogP contribution < -0.4 is 20.5 Å². The van der Waals surface area contributed by atoms with Crippen LogP contribution in [-0.4, -0.2) is 47.5 Å². The lowest BCUT2D eigenvalue weighted by Gasteiger charge is -2.11. The van der Waals surface area contributed by atoms with Crippen LogP contribution in [0.3, 0.4) is 0 Å². The number of aromatic nitrogens is 3. The minimum absolute atomic E-state index is 0.0274. The molecule has 2 aromatic heterocycles. The SMILES string of the molecule is COc1ccc(CCNC(=O)c2cccnc2-c2nc3ccc(C(=N)N)cc3[nH]2)cc1OC. The summed E-state index contributed by atoms with van der Waals surface area (Å²) in [6.45, 7) is 0.435. The lowest BCUT2D eigenvalue weighted by atomic mass is 10.1. The summed E-state index contributed by atoms with van der Waals surface area (Å²) in [5.74, 6) is 1.50. The summed E-state index contributed by atoms with van der Waals surface area (Å²) < 4.78 is 10.6. The quantitative estimate of drug-likeness (QED) is 0.243. The van der Waals surface area contributed by atoms with Gasteiger partial charge < -0.3 is 25.5 Å². The van der Waals surface area contributed by atoms with Crippen molar-refractivity contribution in [3.63, 3.8) is 0 Å². The highest BCUT2D eigenvalue weighted by molar-refractivity contribution is 6.00. The fourth-order valence-corrected chi connectivity index (χ4v) is 3.52. The molecule has 0 saturated carbocycles. The number of nitrogens with zero attached hydrogens (tertiary/aromatic N) is 2. The smallest absolute Gasteiger partial charge is 0.253 e. The maximum Gasteiger partial charge on any atom is 0.253 e. The minimum atomic E-state index is -0.247. The summed E-state index contributed by atoms with van der Waals surface area (Å²) in [7, 11) is 3.18. The van der Waals surface area contributed by atoms with E-state index in [1.54, 1.807) is 50.7 Å². The van der Waals surface area contributed by atoms with E-state index in [0.717, 1.165) is 5.56 Å². The molecule has 1 amide bonds. The van der Waals surface area contributed by atoms with Crippen molar-refractivity contribution in [1.29, 1.82) is 5.41 Å². The van der Waals surface area contributed by atoms with E-state index in [9.17, 15) is 4.79 Å². The van der Waals surface area contributed by atoms with E-state index in [1.165, 1.54) is 0 Å². The molecule has 0 unspecified atom stereocenters. The van der Waals surface area contributed by atoms with E-state index in [4.69, 9.17) is 20.6 Å². The molecule has 168 valence electrons. The van der Waals surface area contributed by atoms with Gasteiger partial charge in [0, 0.05) is 18.3 Å². The molecule has 2 heterocycles. The molecule has 5 N–H and O–H groups in total. The number of amides is 1. The first-order chi connectivity index (χ1) is 16.0. The number of carbonyl (C=O) groups is 1. The number of pyridine rings is 1. The van der Waals surface area contributed by atoms with Crippen molar-refractivity contribution in [2.24, 2.45) is 5.73 Å². The van der Waals surface area contributed by atoms with Crippen molar-refractivity contribution in [1.82, 2.24) is 20.3 Å². The number of hydrogen-bond donors (Lipinski definition) is 4. The molecule has 0 aliphatic heterocycles. The zero-order valence-electron chi connectivity index (χ0n) is 18.3. The van der Waals surface area contributed by atoms with Crippen LogP contribution in [0.5, 0.6) is 11.5 Å². The average molecular weight is 444 g/mol. The Balaban J connectivity index is 1.51. The number of aromatic amines is 1. The van der Waals surface area contributed by atoms with Crippen molar-refractivity contribution in [2.75, 3.05) is 20.8 Å². The Morgan fingerprint density at radius 1 is 1.12 bits per heavy atom. The zero-order chi connectivity index (χ0) is 23.4. The van der Waals surface area contributed by atoms with Crippen molar-refractivity contribution in [3.8, 4) is 23.0 Å². The number of methoxy groups -OCH3 is 2. The van der Waals surface area contributed by atoms with Gasteiger partial charge in [-0.05, 0) is 54.4 Å². The maximum atomic E-state index is 12.9. The Hall–Kier alpha value is -4.40. The van der Waals surface area contributed by atoms with Crippen LogP contribution in [0.15, 0.2) is 54.7 Å². The van der Waals surface area contributed by atoms with E-state index in [-0.39, 0.29) is 11.7 Å². The summed E-state index contributed by atoms with van der Waals surface area (Å²) in [5, 5.41) is 10.6. The number of nitrogens with one attached hydrogen (secondary N) is 3. The van der Waals surface area contributed by atoms with E-state index in [2.05, 4.69) is 20.3 Å². The number of ether oxygens (including phenoxy) is 2. The van der Waals surface area contributed by atoms with Gasteiger partial charge in [0.15, 0.2) is 17.3 Å². The number of nitrogen functional groups attached to an aromatic ring is 1. The van der Waals surface area contributed by atoms with Crippen LogP contribution in [0.1, 0.15) is 21.5 Å². The van der Waals surface area contributed by atoms with Crippen molar-refractivity contribution in [2.45, 2.75) is 6.42 Å². The molecule has 33 heavy (non-hydrogen) atoms. The van der Waals surface area contributed by atoms with Gasteiger partial charge in [-0.1, -0.05) is 6.07 Å². The molecule has 4 aromatic rings. The van der Waals surface area contributed by atoms with Crippen LogP contribution in [0.25, 0.3) is 22.6 Å². The highest BCUT2D eigenvalue weighted by Gasteiger charge is 2.17. The average Bonchev–Trinajstić information content (AvgIpc) is 3.27. The molecule has 9 nitrogen and oxygen atoms in total. The third kappa shape index (κ3) is 4.62. The number of benzene rings is 2. The lowest BCUT2D eigenvalue weighted by molar-refractivity contribution is 0.0954. The first kappa shape index (κ1) is 21.8. The second kappa shape index (κ2) is 9.39. The molecule has 0 radical (unpaired) electrons. The van der Waals surface area contributed by atoms with Crippen molar-refractivity contribution >= 4 is 22.8 Å². The maximum absolute atomic E-state index is 12.9. The lowest BCUT2D eigenvalue weighted by Crippen LogP contribution is -2.26. The van der Waals surface area contributed by atoms with E-state index in [1.807, 2.05) is 18.2 Å². The Morgan fingerprint density at radius 2 is 1.94 bits per heavy atom. The van der Waals surface area contributed by atoms with Crippen molar-refractivity contribution in [3.05, 3.63) is 71.4 Å². The molecular formula is C24H24N6O3. The summed E-state index contributed by atoms with van der Waals surface area (Å²) in [6, 6.07) is 14.4. The normalized spacial score (nSPS) is 10.7. The first-order valence-corrected chi connectivity index (χ1v) is 10.3. The molecule has 0 fully saturated rings. The summed E-state index contributed by atoms with van der Waals surface area (Å²) in [5.41, 5.74) is 9.44. The Morgan fingerprint density at radius 3 is 2.70 bits per heavy atom. The first-order valence-electron chi connectivity index (χ1n) is 10.3. The highest BCUT2D eigenvalue weighted by Crippen LogP contribution is 2.27. The summed E-state index contributed by atoms with van der Waals surface area (Å²) in [4.78, 5) is 25.0. The molecule has 0 atom stereocenters. The van der Waals surface area contributed by atoms with Crippen LogP contribution in [-0.2, 0) is 6.42 Å². The number of H-pyrrole nitrogens is 1. The van der Waals surface area contributed by atoms with Gasteiger partial charge in [-0.25, -0.2) is 4.98 Å². The molecular weight excluding hydrogens is 420 g/mol. The predicted octanol–water partition coefficient (Wildman–Crippen LogP) is 2.90. The molecule has 9 heteroatoms. The number of amidine groups is 1. The van der Waals surface area contributed by atoms with E-state index in [0.29, 0.717) is 58.1 Å². The fourth-order valence-electron chi connectivity index (χ4n) is 3.52. The number of nitrogens with two attached hydrogens (primary N) is 1. The second-order valence-electron chi connectivity index (χ2n) is 7.33. The van der Waals surface area contributed by atoms with Crippen LogP contribution in [0.2, 0.25) is 0 Å². The van der Waals surface area contributed by atoms with Gasteiger partial charge >= 0.3 is 0 Å². The third-order valence-corrected chi connectivity index (χ3v) is 5.22. The standard InChI is InChI=1S/C24H24N6O3/c1-32-19-8-5-14(12-20(19)33-2)9-11-28-24(31)16-4-3-10-27-21(16)23-29-17-7-6-15(22(25)26)13-18(17)30-23/h3-8,10,12-13H,9,11H2,1-2H3,(H3,25,26)(H,28,31)(H,29,30). The Kier molecular flexibility index (Phi) is 6.21. The van der Waals surface area contributed by atoms with Crippen molar-refractivity contribution < 1.29 is 14.3 Å². The third-order valence-electron chi connectivity index (χ3n) is 5.22. The molecule has 0 aliphatic rings. The Labute approximate surface area is 190 Å². The van der Waals surface area contributed by atoms with Crippen LogP contribution in [0.4, 0.5) is 0 Å². The summed E-state index contributed by atoms with van der Waals surface area (Å²) in [6.07, 6.45) is 2.24. The number of fused-ring (bicyclic) bond motifs is 1. The number of carbonyl (C=O) groups excluding carboxylic acids is 1. The topological polar surface area (TPSA) is 139 Å². The molecule has 0 aliphatic carbocycles. The highest BCUT2D eigenvalue weighted by atomic mass is 16.5. The fraction of sp³-hybridized carbons (Fsp3) is 0.167. The van der Waals surface area contributed by atoms with Gasteiger partial charge in [0.2, 0.25) is 0 Å². The number of hydrogen-bond acceptors (Lipinski definition) is 6. The molecule has 0 saturated heterocycles. The minimum Gasteiger partial charge on any atom is -0.493 e. The Bertz CT molecular complexity index is 1330. The van der Waals surface area contributed by atoms with Crippen LogP contribution >= 0.6 is 0 Å². The molecule has 0 bridgehead atoms. The summed E-state index contributed by atoms with van der Waals surface area (Å²) >= 11 is 0. The van der Waals surface area contributed by atoms with E-state index >= 15 is 0 Å².